The number of fused-ring (bicyclic) bond motifs is 3. The number of aromatic nitrogens is 4. The van der Waals surface area contributed by atoms with Gasteiger partial charge in [-0.15, -0.1) is 0 Å². The van der Waals surface area contributed by atoms with Gasteiger partial charge in [-0.2, -0.15) is 18.3 Å². The van der Waals surface area contributed by atoms with Gasteiger partial charge in [0.05, 0.1) is 24.2 Å². The molecule has 2 N–H and O–H groups in total. The maximum atomic E-state index is 14.1. The summed E-state index contributed by atoms with van der Waals surface area (Å²) in [4.78, 5) is 8.25. The molecule has 6 nitrogen and oxygen atoms in total. The topological polar surface area (TPSA) is 75.9 Å². The maximum Gasteiger partial charge on any atom is 0.409 e. The molecule has 4 atom stereocenters. The normalized spacial score (nSPS) is 23.2. The van der Waals surface area contributed by atoms with Crippen molar-refractivity contribution in [2.45, 2.75) is 57.8 Å². The van der Waals surface area contributed by atoms with Crippen LogP contribution in [0.25, 0.3) is 5.82 Å². The van der Waals surface area contributed by atoms with Gasteiger partial charge in [0.2, 0.25) is 0 Å². The molecule has 28 heavy (non-hydrogen) atoms. The minimum Gasteiger partial charge on any atom is -0.395 e. The minimum absolute atomic E-state index is 0.0111. The van der Waals surface area contributed by atoms with Crippen LogP contribution in [-0.4, -0.2) is 43.7 Å². The van der Waals surface area contributed by atoms with Crippen LogP contribution in [0, 0.1) is 11.3 Å². The summed E-state index contributed by atoms with van der Waals surface area (Å²) in [5, 5.41) is 16.7. The highest BCUT2D eigenvalue weighted by Gasteiger charge is 2.53. The van der Waals surface area contributed by atoms with E-state index in [0.29, 0.717) is 23.7 Å². The monoisotopic (exact) mass is 395 g/mol. The first-order valence-corrected chi connectivity index (χ1v) is 9.43. The lowest BCUT2D eigenvalue weighted by Crippen LogP contribution is -2.49. The second kappa shape index (κ2) is 6.52. The molecule has 2 aliphatic carbocycles. The van der Waals surface area contributed by atoms with Crippen molar-refractivity contribution in [3.8, 4) is 5.82 Å². The van der Waals surface area contributed by atoms with Crippen molar-refractivity contribution in [1.29, 1.82) is 0 Å². The van der Waals surface area contributed by atoms with Gasteiger partial charge in [-0.05, 0) is 29.7 Å². The van der Waals surface area contributed by atoms with Crippen LogP contribution in [0.3, 0.4) is 0 Å². The van der Waals surface area contributed by atoms with E-state index in [0.717, 1.165) is 12.1 Å². The maximum absolute atomic E-state index is 14.1. The molecule has 2 aromatic heterocycles. The molecule has 2 heterocycles. The molecule has 0 saturated heterocycles. The standard InChI is InChI=1S/C19H24F3N5O/c1-18(2,3)13(9-28)25-17(19(20,21)22)15-12-7-10-6-11(10)16(12)27(26-15)14-8-23-4-5-24-14/h4-5,8,10-11,13,17,25,28H,6-7,9H2,1-3H3/t10-,11-,13?,17?/m0/s1. The molecule has 0 aromatic carbocycles. The number of halogens is 3. The van der Waals surface area contributed by atoms with E-state index in [4.69, 9.17) is 0 Å². The van der Waals surface area contributed by atoms with E-state index in [1.807, 2.05) is 0 Å². The molecular weight excluding hydrogens is 371 g/mol. The van der Waals surface area contributed by atoms with Gasteiger partial charge in [0.15, 0.2) is 5.82 Å². The number of hydrogen-bond acceptors (Lipinski definition) is 5. The van der Waals surface area contributed by atoms with E-state index < -0.39 is 30.3 Å². The molecule has 2 aliphatic rings. The van der Waals surface area contributed by atoms with Gasteiger partial charge in [-0.25, -0.2) is 9.67 Å². The highest BCUT2D eigenvalue weighted by Crippen LogP contribution is 2.58. The molecule has 1 saturated carbocycles. The Hall–Kier alpha value is -2.00. The fraction of sp³-hybridized carbons (Fsp3) is 0.632. The molecule has 9 heteroatoms. The zero-order valence-electron chi connectivity index (χ0n) is 16.0. The van der Waals surface area contributed by atoms with Crippen LogP contribution in [0.4, 0.5) is 13.2 Å². The Morgan fingerprint density at radius 2 is 2.04 bits per heavy atom. The molecule has 1 fully saturated rings. The first kappa shape index (κ1) is 19.3. The van der Waals surface area contributed by atoms with E-state index >= 15 is 0 Å². The number of nitrogens with zero attached hydrogens (tertiary/aromatic N) is 4. The van der Waals surface area contributed by atoms with Crippen LogP contribution in [0.2, 0.25) is 0 Å². The van der Waals surface area contributed by atoms with Gasteiger partial charge in [-0.1, -0.05) is 20.8 Å². The molecule has 4 rings (SSSR count). The van der Waals surface area contributed by atoms with Crippen LogP contribution in [0.5, 0.6) is 0 Å². The Bertz CT molecular complexity index is 859. The summed E-state index contributed by atoms with van der Waals surface area (Å²) in [5.74, 6) is 1.05. The third kappa shape index (κ3) is 3.30. The van der Waals surface area contributed by atoms with Crippen LogP contribution in [0.15, 0.2) is 18.6 Å². The molecule has 0 spiro atoms. The van der Waals surface area contributed by atoms with Crippen LogP contribution >= 0.6 is 0 Å². The second-order valence-corrected chi connectivity index (χ2v) is 8.77. The van der Waals surface area contributed by atoms with Crippen molar-refractivity contribution in [2.24, 2.45) is 11.3 Å². The highest BCUT2D eigenvalue weighted by atomic mass is 19.4. The fourth-order valence-electron chi connectivity index (χ4n) is 4.05. The first-order valence-electron chi connectivity index (χ1n) is 9.43. The molecule has 0 amide bonds. The second-order valence-electron chi connectivity index (χ2n) is 8.77. The van der Waals surface area contributed by atoms with E-state index in [1.165, 1.54) is 23.3 Å². The molecule has 2 aromatic rings. The number of hydrogen-bond donors (Lipinski definition) is 2. The summed E-state index contributed by atoms with van der Waals surface area (Å²) >= 11 is 0. The van der Waals surface area contributed by atoms with Gasteiger partial charge in [0.25, 0.3) is 0 Å². The van der Waals surface area contributed by atoms with Crippen molar-refractivity contribution in [3.63, 3.8) is 0 Å². The smallest absolute Gasteiger partial charge is 0.395 e. The zero-order valence-corrected chi connectivity index (χ0v) is 16.0. The largest absolute Gasteiger partial charge is 0.409 e. The molecule has 0 bridgehead atoms. The average molecular weight is 395 g/mol. The number of nitrogens with one attached hydrogen (secondary N) is 1. The Morgan fingerprint density at radius 1 is 1.29 bits per heavy atom. The summed E-state index contributed by atoms with van der Waals surface area (Å²) in [7, 11) is 0. The fourth-order valence-corrected chi connectivity index (χ4v) is 4.05. The molecule has 0 aliphatic heterocycles. The van der Waals surface area contributed by atoms with Crippen molar-refractivity contribution in [2.75, 3.05) is 6.61 Å². The van der Waals surface area contributed by atoms with Crippen LogP contribution in [-0.2, 0) is 6.42 Å². The van der Waals surface area contributed by atoms with Gasteiger partial charge < -0.3 is 5.11 Å². The van der Waals surface area contributed by atoms with Crippen LogP contribution < -0.4 is 5.32 Å². The van der Waals surface area contributed by atoms with Crippen molar-refractivity contribution in [1.82, 2.24) is 25.1 Å². The van der Waals surface area contributed by atoms with Gasteiger partial charge in [0, 0.05) is 24.4 Å². The van der Waals surface area contributed by atoms with Gasteiger partial charge in [-0.3, -0.25) is 10.3 Å². The van der Waals surface area contributed by atoms with Gasteiger partial charge in [0.1, 0.15) is 6.04 Å². The van der Waals surface area contributed by atoms with E-state index in [-0.39, 0.29) is 11.6 Å². The Labute approximate surface area is 161 Å². The first-order chi connectivity index (χ1) is 13.1. The number of aliphatic hydroxyl groups excluding tert-OH is 1. The molecule has 152 valence electrons. The minimum atomic E-state index is -4.54. The van der Waals surface area contributed by atoms with E-state index in [2.05, 4.69) is 20.4 Å². The highest BCUT2D eigenvalue weighted by molar-refractivity contribution is 5.45. The van der Waals surface area contributed by atoms with E-state index in [9.17, 15) is 18.3 Å². The predicted molar refractivity (Wildman–Crippen MR) is 96.0 cm³/mol. The Balaban J connectivity index is 1.79. The third-order valence-electron chi connectivity index (χ3n) is 5.76. The SMILES string of the molecule is CC(C)(C)C(CO)NC(c1nn(-c2cnccn2)c2c1C[C@@H]1C[C@H]21)C(F)(F)F. The predicted octanol–water partition coefficient (Wildman–Crippen LogP) is 2.92. The molecular formula is C19H24F3N5O. The number of alkyl halides is 3. The summed E-state index contributed by atoms with van der Waals surface area (Å²) in [6.07, 6.45) is 1.56. The molecule has 0 radical (unpaired) electrons. The lowest BCUT2D eigenvalue weighted by Gasteiger charge is -2.34. The van der Waals surface area contributed by atoms with Crippen molar-refractivity contribution >= 4 is 0 Å². The average Bonchev–Trinajstić information content (AvgIpc) is 3.12. The van der Waals surface area contributed by atoms with Gasteiger partial charge >= 0.3 is 6.18 Å². The third-order valence-corrected chi connectivity index (χ3v) is 5.76. The van der Waals surface area contributed by atoms with Crippen molar-refractivity contribution < 1.29 is 18.3 Å². The summed E-state index contributed by atoms with van der Waals surface area (Å²) in [5.41, 5.74) is 0.931. The lowest BCUT2D eigenvalue weighted by molar-refractivity contribution is -0.163. The number of aliphatic hydroxyl groups is 1. The quantitative estimate of drug-likeness (QED) is 0.814. The van der Waals surface area contributed by atoms with Crippen LogP contribution in [0.1, 0.15) is 56.1 Å². The Morgan fingerprint density at radius 3 is 2.61 bits per heavy atom. The summed E-state index contributed by atoms with van der Waals surface area (Å²) < 4.78 is 43.7. The molecule has 2 unspecified atom stereocenters. The summed E-state index contributed by atoms with van der Waals surface area (Å²) in [6.45, 7) is 5.00. The van der Waals surface area contributed by atoms with Crippen molar-refractivity contribution in [3.05, 3.63) is 35.5 Å². The summed E-state index contributed by atoms with van der Waals surface area (Å²) in [6, 6.07) is -2.68. The Kier molecular flexibility index (Phi) is 4.50. The van der Waals surface area contributed by atoms with E-state index in [1.54, 1.807) is 20.8 Å². The lowest BCUT2D eigenvalue weighted by atomic mass is 9.86. The zero-order chi connectivity index (χ0) is 20.3. The number of rotatable bonds is 5.